The van der Waals surface area contributed by atoms with Gasteiger partial charge in [0.25, 0.3) is 0 Å². The molecule has 0 saturated heterocycles. The Morgan fingerprint density at radius 1 is 1.29 bits per heavy atom. The molecule has 0 atom stereocenters. The fourth-order valence-corrected chi connectivity index (χ4v) is 3.00. The fourth-order valence-electron chi connectivity index (χ4n) is 1.90. The summed E-state index contributed by atoms with van der Waals surface area (Å²) >= 11 is 4.53. The molecule has 0 saturated carbocycles. The third-order valence-electron chi connectivity index (χ3n) is 2.84. The normalized spacial score (nSPS) is 10.5. The maximum Gasteiger partial charge on any atom is 0.356 e. The van der Waals surface area contributed by atoms with Crippen molar-refractivity contribution >= 4 is 49.8 Å². The second-order valence-corrected chi connectivity index (χ2v) is 6.40. The van der Waals surface area contributed by atoms with Gasteiger partial charge in [0.05, 0.1) is 0 Å². The highest BCUT2D eigenvalue weighted by molar-refractivity contribution is 9.10. The molecule has 1 heterocycles. The van der Waals surface area contributed by atoms with Gasteiger partial charge in [0.2, 0.25) is 0 Å². The summed E-state index contributed by atoms with van der Waals surface area (Å²) in [4.78, 5) is 26.7. The number of Topliss-reactive ketones (excluding diaryl/α,β-unsaturated/α-hetero) is 1. The molecule has 0 aliphatic carbocycles. The molecule has 5 nitrogen and oxygen atoms in total. The van der Waals surface area contributed by atoms with E-state index in [-0.39, 0.29) is 16.4 Å². The van der Waals surface area contributed by atoms with E-state index in [0.717, 1.165) is 32.6 Å². The third-order valence-corrected chi connectivity index (χ3v) is 5.16. The molecule has 110 valence electrons. The molecule has 0 aliphatic heterocycles. The molecule has 2 aromatic rings. The largest absolute Gasteiger partial charge is 0.476 e. The Kier molecular flexibility index (Phi) is 4.43. The number of ketones is 1. The first kappa shape index (κ1) is 15.7. The second kappa shape index (κ2) is 5.95. The summed E-state index contributed by atoms with van der Waals surface area (Å²) in [5.41, 5.74) is 2.70. The average molecular weight is 369 g/mol. The van der Waals surface area contributed by atoms with E-state index >= 15 is 0 Å². The first-order chi connectivity index (χ1) is 9.79. The Balaban J connectivity index is 2.38. The lowest BCUT2D eigenvalue weighted by molar-refractivity contribution is 0.0687. The van der Waals surface area contributed by atoms with Gasteiger partial charge in [-0.3, -0.25) is 4.79 Å². The van der Waals surface area contributed by atoms with Gasteiger partial charge in [-0.25, -0.2) is 9.78 Å². The summed E-state index contributed by atoms with van der Waals surface area (Å²) in [6.07, 6.45) is 0. The van der Waals surface area contributed by atoms with Crippen LogP contribution in [0.3, 0.4) is 0 Å². The maximum atomic E-state index is 11.5. The number of aryl methyl sites for hydroxylation is 2. The van der Waals surface area contributed by atoms with Crippen LogP contribution in [-0.4, -0.2) is 21.8 Å². The van der Waals surface area contributed by atoms with Crippen molar-refractivity contribution in [3.8, 4) is 0 Å². The summed E-state index contributed by atoms with van der Waals surface area (Å²) in [6.45, 7) is 5.26. The molecule has 0 fully saturated rings. The topological polar surface area (TPSA) is 79.3 Å². The van der Waals surface area contributed by atoms with Gasteiger partial charge in [0.1, 0.15) is 4.88 Å². The van der Waals surface area contributed by atoms with Gasteiger partial charge in [0, 0.05) is 17.1 Å². The van der Waals surface area contributed by atoms with E-state index in [1.807, 2.05) is 26.0 Å². The van der Waals surface area contributed by atoms with Crippen LogP contribution in [0.4, 0.5) is 10.8 Å². The molecule has 7 heteroatoms. The van der Waals surface area contributed by atoms with Crippen molar-refractivity contribution in [2.24, 2.45) is 0 Å². The Hall–Kier alpha value is -1.73. The van der Waals surface area contributed by atoms with E-state index in [1.54, 1.807) is 0 Å². The number of thiazole rings is 1. The van der Waals surface area contributed by atoms with E-state index in [0.29, 0.717) is 5.13 Å². The van der Waals surface area contributed by atoms with Crippen LogP contribution in [0.15, 0.2) is 16.6 Å². The Morgan fingerprint density at radius 2 is 1.86 bits per heavy atom. The molecular weight excluding hydrogens is 356 g/mol. The molecule has 1 aromatic heterocycles. The average Bonchev–Trinajstić information content (AvgIpc) is 2.80. The number of nitrogens with one attached hydrogen (secondary N) is 1. The smallest absolute Gasteiger partial charge is 0.356 e. The molecule has 21 heavy (non-hydrogen) atoms. The molecule has 0 amide bonds. The van der Waals surface area contributed by atoms with Crippen LogP contribution in [0, 0.1) is 13.8 Å². The fraction of sp³-hybridized carbons (Fsp3) is 0.214. The van der Waals surface area contributed by atoms with Gasteiger partial charge in [-0.15, -0.1) is 0 Å². The molecule has 0 bridgehead atoms. The number of carbonyl (C=O) groups is 2. The first-order valence-corrected chi connectivity index (χ1v) is 7.69. The number of aromatic nitrogens is 1. The second-order valence-electron chi connectivity index (χ2n) is 4.61. The number of hydrogen-bond acceptors (Lipinski definition) is 5. The van der Waals surface area contributed by atoms with Crippen LogP contribution in [0.1, 0.15) is 38.2 Å². The van der Waals surface area contributed by atoms with E-state index in [9.17, 15) is 9.59 Å². The predicted octanol–water partition coefficient (Wildman–Crippen LogP) is 4.17. The minimum absolute atomic E-state index is 0.149. The minimum Gasteiger partial charge on any atom is -0.476 e. The highest BCUT2D eigenvalue weighted by atomic mass is 79.9. The summed E-state index contributed by atoms with van der Waals surface area (Å²) in [5.74, 6) is -1.51. The predicted molar refractivity (Wildman–Crippen MR) is 86.0 cm³/mol. The molecule has 1 aromatic carbocycles. The number of anilines is 2. The zero-order valence-corrected chi connectivity index (χ0v) is 14.1. The SMILES string of the molecule is CC(=O)c1sc(Nc2cc(C)c(Br)c(C)c2)nc1C(=O)O. The Bertz CT molecular complexity index is 685. The number of carboxylic acid groups (broad SMARTS) is 1. The summed E-state index contributed by atoms with van der Waals surface area (Å²) in [5, 5.41) is 12.5. The number of carbonyl (C=O) groups excluding carboxylic acids is 1. The van der Waals surface area contributed by atoms with E-state index in [4.69, 9.17) is 5.11 Å². The van der Waals surface area contributed by atoms with Gasteiger partial charge < -0.3 is 10.4 Å². The van der Waals surface area contributed by atoms with Crippen molar-refractivity contribution in [2.75, 3.05) is 5.32 Å². The lowest BCUT2D eigenvalue weighted by atomic mass is 10.1. The molecule has 0 aliphatic rings. The Labute approximate surface area is 134 Å². The summed E-state index contributed by atoms with van der Waals surface area (Å²) in [6, 6.07) is 3.85. The molecule has 0 spiro atoms. The Morgan fingerprint density at radius 3 is 2.29 bits per heavy atom. The van der Waals surface area contributed by atoms with Crippen LogP contribution < -0.4 is 5.32 Å². The number of benzene rings is 1. The van der Waals surface area contributed by atoms with Crippen molar-refractivity contribution in [3.63, 3.8) is 0 Å². The number of halogens is 1. The van der Waals surface area contributed by atoms with E-state index < -0.39 is 5.97 Å². The zero-order chi connectivity index (χ0) is 15.7. The van der Waals surface area contributed by atoms with Crippen LogP contribution in [0.5, 0.6) is 0 Å². The standard InChI is InChI=1S/C14H13BrN2O3S/c1-6-4-9(5-7(2)10(6)15)16-14-17-11(13(19)20)12(21-14)8(3)18/h4-5H,1-3H3,(H,16,17)(H,19,20). The van der Waals surface area contributed by atoms with Crippen molar-refractivity contribution in [1.82, 2.24) is 4.98 Å². The lowest BCUT2D eigenvalue weighted by Crippen LogP contribution is -2.03. The number of rotatable bonds is 4. The van der Waals surface area contributed by atoms with Crippen molar-refractivity contribution in [2.45, 2.75) is 20.8 Å². The monoisotopic (exact) mass is 368 g/mol. The zero-order valence-electron chi connectivity index (χ0n) is 11.7. The van der Waals surface area contributed by atoms with Crippen LogP contribution in [0.25, 0.3) is 0 Å². The lowest BCUT2D eigenvalue weighted by Gasteiger charge is -2.08. The quantitative estimate of drug-likeness (QED) is 0.791. The summed E-state index contributed by atoms with van der Waals surface area (Å²) < 4.78 is 1.03. The summed E-state index contributed by atoms with van der Waals surface area (Å²) in [7, 11) is 0. The molecule has 2 N–H and O–H groups in total. The van der Waals surface area contributed by atoms with Crippen LogP contribution >= 0.6 is 27.3 Å². The number of carboxylic acids is 1. The number of nitrogens with zero attached hydrogens (tertiary/aromatic N) is 1. The molecule has 0 unspecified atom stereocenters. The van der Waals surface area contributed by atoms with Gasteiger partial charge in [0.15, 0.2) is 16.6 Å². The number of aromatic carboxylic acids is 1. The third kappa shape index (κ3) is 3.30. The van der Waals surface area contributed by atoms with Gasteiger partial charge in [-0.2, -0.15) is 0 Å². The van der Waals surface area contributed by atoms with Gasteiger partial charge in [-0.1, -0.05) is 27.3 Å². The van der Waals surface area contributed by atoms with E-state index in [1.165, 1.54) is 6.92 Å². The highest BCUT2D eigenvalue weighted by Gasteiger charge is 2.20. The van der Waals surface area contributed by atoms with Crippen molar-refractivity contribution in [1.29, 1.82) is 0 Å². The number of hydrogen-bond donors (Lipinski definition) is 2. The van der Waals surface area contributed by atoms with Crippen molar-refractivity contribution in [3.05, 3.63) is 38.3 Å². The van der Waals surface area contributed by atoms with Gasteiger partial charge >= 0.3 is 5.97 Å². The molecule has 0 radical (unpaired) electrons. The molecular formula is C14H13BrN2O3S. The maximum absolute atomic E-state index is 11.5. The van der Waals surface area contributed by atoms with Crippen LogP contribution in [-0.2, 0) is 0 Å². The van der Waals surface area contributed by atoms with Crippen molar-refractivity contribution < 1.29 is 14.7 Å². The first-order valence-electron chi connectivity index (χ1n) is 6.08. The highest BCUT2D eigenvalue weighted by Crippen LogP contribution is 2.30. The molecule has 2 rings (SSSR count). The minimum atomic E-state index is -1.20. The van der Waals surface area contributed by atoms with E-state index in [2.05, 4.69) is 26.2 Å². The van der Waals surface area contributed by atoms with Gasteiger partial charge in [-0.05, 0) is 37.1 Å². The van der Waals surface area contributed by atoms with Crippen LogP contribution in [0.2, 0.25) is 0 Å².